The molecule has 0 bridgehead atoms. The number of hydrogen-bond acceptors (Lipinski definition) is 0. The maximum Gasteiger partial charge on any atom is 0.113 e. The highest BCUT2D eigenvalue weighted by molar-refractivity contribution is 6.69. The number of aromatic nitrogens is 1. The number of para-hydroxylation sites is 1. The van der Waals surface area contributed by atoms with Crippen LogP contribution in [0.4, 0.5) is 0 Å². The van der Waals surface area contributed by atoms with Gasteiger partial charge in [-0.1, -0.05) is 128 Å². The van der Waals surface area contributed by atoms with Crippen molar-refractivity contribution in [2.45, 2.75) is 78.6 Å². The van der Waals surface area contributed by atoms with Crippen LogP contribution in [0.25, 0.3) is 49.7 Å². The van der Waals surface area contributed by atoms with Crippen LogP contribution in [-0.2, 0) is 16.2 Å². The monoisotopic (exact) mass is 613 g/mol. The maximum atomic E-state index is 6.75. The molecule has 228 valence electrons. The molecule has 0 amide bonds. The Kier molecular flexibility index (Phi) is 8.30. The Morgan fingerprint density at radius 1 is 0.458 bits per heavy atom. The minimum atomic E-state index is -0.256. The van der Waals surface area contributed by atoms with E-state index in [2.05, 4.69) is 134 Å². The van der Waals surface area contributed by atoms with Gasteiger partial charge >= 0.3 is 0 Å². The van der Waals surface area contributed by atoms with E-state index in [-0.39, 0.29) is 32.6 Å². The van der Waals surface area contributed by atoms with Crippen molar-refractivity contribution < 1.29 is 0 Å². The van der Waals surface area contributed by atoms with Crippen LogP contribution in [0.3, 0.4) is 0 Å². The molecule has 6 heteroatoms. The first-order chi connectivity index (χ1) is 22.3. The number of rotatable bonds is 3. The van der Waals surface area contributed by atoms with Crippen LogP contribution in [0.1, 0.15) is 79.0 Å². The molecule has 1 nitrogen and oxygen atoms in total. The van der Waals surface area contributed by atoms with Crippen molar-refractivity contribution in [3.63, 3.8) is 0 Å². The van der Waals surface area contributed by atoms with Gasteiger partial charge in [0.15, 0.2) is 0 Å². The molecule has 0 aliphatic heterocycles. The van der Waals surface area contributed by atoms with Crippen molar-refractivity contribution >= 4 is 88.4 Å². The predicted molar refractivity (Wildman–Crippen MR) is 215 cm³/mol. The maximum absolute atomic E-state index is 6.75. The summed E-state index contributed by atoms with van der Waals surface area (Å²) in [6.45, 7) is 20.6. The van der Waals surface area contributed by atoms with Crippen molar-refractivity contribution in [1.29, 1.82) is 0 Å². The fourth-order valence-electron chi connectivity index (χ4n) is 7.02. The van der Waals surface area contributed by atoms with Gasteiger partial charge in [0.2, 0.25) is 0 Å². The zero-order valence-corrected chi connectivity index (χ0v) is 29.8. The number of nitrogens with zero attached hydrogens (tertiary/aromatic N) is 1. The van der Waals surface area contributed by atoms with E-state index in [1.54, 1.807) is 0 Å². The summed E-state index contributed by atoms with van der Waals surface area (Å²) >= 11 is 0. The van der Waals surface area contributed by atoms with Gasteiger partial charge in [-0.25, -0.2) is 0 Å². The first-order valence-electron chi connectivity index (χ1n) is 16.7. The minimum absolute atomic E-state index is 0.0252. The molecule has 1 heterocycles. The first-order valence-corrected chi connectivity index (χ1v) is 16.7. The molecular weight excluding hydrogens is 573 g/mol. The molecular formula is C42H40B5N. The summed E-state index contributed by atoms with van der Waals surface area (Å²) in [5.41, 5.74) is 12.0. The van der Waals surface area contributed by atoms with E-state index in [0.29, 0.717) is 16.5 Å². The molecule has 0 aliphatic carbocycles. The van der Waals surface area contributed by atoms with Crippen LogP contribution in [0.15, 0.2) is 78.9 Å². The lowest BCUT2D eigenvalue weighted by Crippen LogP contribution is -2.55. The van der Waals surface area contributed by atoms with Crippen LogP contribution in [0, 0.1) is 0 Å². The third-order valence-corrected chi connectivity index (χ3v) is 9.67. The Bertz CT molecular complexity index is 2160. The number of benzene rings is 5. The van der Waals surface area contributed by atoms with E-state index in [1.807, 2.05) is 12.1 Å². The van der Waals surface area contributed by atoms with Crippen LogP contribution < -0.4 is 27.3 Å². The average molecular weight is 613 g/mol. The third-order valence-electron chi connectivity index (χ3n) is 9.67. The van der Waals surface area contributed by atoms with Crippen molar-refractivity contribution in [2.75, 3.05) is 0 Å². The van der Waals surface area contributed by atoms with E-state index < -0.39 is 0 Å². The first kappa shape index (κ1) is 34.1. The summed E-state index contributed by atoms with van der Waals surface area (Å²) in [5.74, 6) is 0. The van der Waals surface area contributed by atoms with Crippen molar-refractivity contribution in [2.24, 2.45) is 0 Å². The molecule has 6 rings (SSSR count). The molecule has 6 aromatic rings. The van der Waals surface area contributed by atoms with Gasteiger partial charge in [-0.3, -0.25) is 0 Å². The largest absolute Gasteiger partial charge is 0.309 e. The van der Waals surface area contributed by atoms with Gasteiger partial charge in [-0.2, -0.15) is 0 Å². The average Bonchev–Trinajstić information content (AvgIpc) is 3.36. The van der Waals surface area contributed by atoms with Gasteiger partial charge in [0.1, 0.15) is 39.2 Å². The Morgan fingerprint density at radius 3 is 1.50 bits per heavy atom. The lowest BCUT2D eigenvalue weighted by atomic mass is 9.59. The second-order valence-electron chi connectivity index (χ2n) is 16.2. The van der Waals surface area contributed by atoms with Crippen molar-refractivity contribution in [3.05, 3.63) is 95.6 Å². The smallest absolute Gasteiger partial charge is 0.113 e. The zero-order valence-electron chi connectivity index (χ0n) is 29.8. The van der Waals surface area contributed by atoms with Crippen LogP contribution >= 0.6 is 0 Å². The summed E-state index contributed by atoms with van der Waals surface area (Å²) < 4.78 is 2.33. The Morgan fingerprint density at radius 2 is 0.979 bits per heavy atom. The summed E-state index contributed by atoms with van der Waals surface area (Å²) in [4.78, 5) is 0. The Balaban J connectivity index is 1.87. The highest BCUT2D eigenvalue weighted by Crippen LogP contribution is 2.47. The van der Waals surface area contributed by atoms with Gasteiger partial charge in [0.05, 0.1) is 11.0 Å². The topological polar surface area (TPSA) is 4.93 Å². The van der Waals surface area contributed by atoms with E-state index >= 15 is 0 Å². The molecule has 0 saturated heterocycles. The molecule has 0 fully saturated rings. The number of hydrogen-bond donors (Lipinski definition) is 0. The number of fused-ring (bicyclic) bond motifs is 3. The standard InChI is InChI=1S/C42H40B5N/c1-40(2,3)24-20-23(21-25(22-24)41(4,5)6)27-18-19-30-33(34(27)42(7,8)9)31-28(32-35(43)37(45)39(47)38(46)36(32)44)16-13-17-29(31)48(30)26-14-11-10-12-15-26/h10-22H,1-9H3. The molecule has 0 saturated carbocycles. The van der Waals surface area contributed by atoms with Crippen LogP contribution in [0.5, 0.6) is 0 Å². The van der Waals surface area contributed by atoms with Crippen molar-refractivity contribution in [3.8, 4) is 27.9 Å². The second-order valence-corrected chi connectivity index (χ2v) is 16.2. The minimum Gasteiger partial charge on any atom is -0.309 e. The molecule has 1 aromatic heterocycles. The predicted octanol–water partition coefficient (Wildman–Crippen LogP) is 5.98. The zero-order chi connectivity index (χ0) is 35.1. The highest BCUT2D eigenvalue weighted by Gasteiger charge is 2.29. The van der Waals surface area contributed by atoms with Gasteiger partial charge in [0.25, 0.3) is 0 Å². The highest BCUT2D eigenvalue weighted by atomic mass is 15.0. The van der Waals surface area contributed by atoms with Gasteiger partial charge in [-0.05, 0) is 79.5 Å². The van der Waals surface area contributed by atoms with E-state index in [0.717, 1.165) is 33.1 Å². The molecule has 10 radical (unpaired) electrons. The summed E-state index contributed by atoms with van der Waals surface area (Å²) in [5, 5.41) is 2.17. The lowest BCUT2D eigenvalue weighted by molar-refractivity contribution is 0.568. The molecule has 48 heavy (non-hydrogen) atoms. The van der Waals surface area contributed by atoms with Crippen LogP contribution in [-0.4, -0.2) is 43.8 Å². The fraction of sp³-hybridized carbons (Fsp3) is 0.286. The van der Waals surface area contributed by atoms with E-state index in [9.17, 15) is 0 Å². The summed E-state index contributed by atoms with van der Waals surface area (Å²) in [6.07, 6.45) is 0. The lowest BCUT2D eigenvalue weighted by Gasteiger charge is -2.29. The molecule has 5 aromatic carbocycles. The van der Waals surface area contributed by atoms with E-state index in [4.69, 9.17) is 39.2 Å². The van der Waals surface area contributed by atoms with Gasteiger partial charge in [-0.15, -0.1) is 16.4 Å². The molecule has 0 aliphatic rings. The SMILES string of the molecule is [B]c1c([B])c([B])c(-c2cccc3c2c2c(C(C)(C)C)c(-c4cc(C(C)(C)C)cc(C(C)(C)C)c4)ccc2n3-c2ccccc2)c([B])c1[B]. The molecule has 0 atom stereocenters. The van der Waals surface area contributed by atoms with Crippen molar-refractivity contribution in [1.82, 2.24) is 4.57 Å². The Labute approximate surface area is 294 Å². The molecule has 0 spiro atoms. The third kappa shape index (κ3) is 5.60. The van der Waals surface area contributed by atoms with Gasteiger partial charge in [0, 0.05) is 16.5 Å². The van der Waals surface area contributed by atoms with Gasteiger partial charge < -0.3 is 4.57 Å². The second kappa shape index (κ2) is 11.7. The molecule has 0 N–H and O–H groups in total. The Hall–Kier alpha value is -3.78. The quantitative estimate of drug-likeness (QED) is 0.217. The van der Waals surface area contributed by atoms with E-state index in [1.165, 1.54) is 27.8 Å². The normalized spacial score (nSPS) is 12.7. The summed E-state index contributed by atoms with van der Waals surface area (Å²) in [7, 11) is 32.7. The molecule has 0 unspecified atom stereocenters. The fourth-order valence-corrected chi connectivity index (χ4v) is 7.02. The summed E-state index contributed by atoms with van der Waals surface area (Å²) in [6, 6.07) is 28.4. The van der Waals surface area contributed by atoms with Crippen LogP contribution in [0.2, 0.25) is 0 Å².